The number of halogens is 3. The van der Waals surface area contributed by atoms with Gasteiger partial charge in [-0.3, -0.25) is 10.1 Å². The normalized spacial score (nSPS) is 11.2. The van der Waals surface area contributed by atoms with Crippen molar-refractivity contribution in [2.45, 2.75) is 6.18 Å². The minimum atomic E-state index is -4.41. The number of pyridine rings is 1. The molecule has 0 radical (unpaired) electrons. The van der Waals surface area contributed by atoms with Gasteiger partial charge in [-0.05, 0) is 6.07 Å². The summed E-state index contributed by atoms with van der Waals surface area (Å²) in [7, 11) is 0. The van der Waals surface area contributed by atoms with Crippen LogP contribution in [0.4, 0.5) is 30.5 Å². The zero-order valence-electron chi connectivity index (χ0n) is 10.1. The van der Waals surface area contributed by atoms with E-state index >= 15 is 0 Å². The van der Waals surface area contributed by atoms with Gasteiger partial charge in [0, 0.05) is 12.6 Å². The Bertz CT molecular complexity index is 469. The van der Waals surface area contributed by atoms with Crippen LogP contribution in [0.15, 0.2) is 12.1 Å². The van der Waals surface area contributed by atoms with Crippen LogP contribution >= 0.6 is 0 Å². The van der Waals surface area contributed by atoms with Crippen molar-refractivity contribution in [3.63, 3.8) is 0 Å². The summed E-state index contributed by atoms with van der Waals surface area (Å²) in [6.07, 6.45) is -4.41. The Labute approximate surface area is 111 Å². The number of anilines is 2. The fourth-order valence-electron chi connectivity index (χ4n) is 1.24. The number of hydrogen-bond acceptors (Lipinski definition) is 7. The Morgan fingerprint density at radius 1 is 1.45 bits per heavy atom. The second-order valence-electron chi connectivity index (χ2n) is 3.56. The second kappa shape index (κ2) is 6.86. The van der Waals surface area contributed by atoms with Crippen molar-refractivity contribution in [1.29, 1.82) is 0 Å². The number of hydrogen-bond donors (Lipinski definition) is 3. The van der Waals surface area contributed by atoms with Gasteiger partial charge in [-0.25, -0.2) is 10.8 Å². The van der Waals surface area contributed by atoms with E-state index in [-0.39, 0.29) is 30.5 Å². The van der Waals surface area contributed by atoms with Crippen LogP contribution in [0, 0.1) is 10.1 Å². The highest BCUT2D eigenvalue weighted by atomic mass is 19.4. The van der Waals surface area contributed by atoms with Crippen molar-refractivity contribution in [3.05, 3.63) is 22.2 Å². The van der Waals surface area contributed by atoms with Crippen LogP contribution in [0.2, 0.25) is 0 Å². The number of nitrogen functional groups attached to an aromatic ring is 1. The van der Waals surface area contributed by atoms with Crippen LogP contribution in [-0.4, -0.2) is 35.8 Å². The number of nitrogens with two attached hydrogens (primary N) is 1. The third kappa shape index (κ3) is 5.24. The highest BCUT2D eigenvalue weighted by Gasteiger charge is 2.27. The number of nitrogens with zero attached hydrogens (tertiary/aromatic N) is 2. The van der Waals surface area contributed by atoms with Crippen LogP contribution in [-0.2, 0) is 4.74 Å². The standard InChI is InChI=1S/C9H12F3N5O3/c10-9(11,12)5-20-4-3-14-8-6(17(18)19)1-2-7(15-8)16-13/h1-2H,3-5,13H2,(H2,14,15,16). The number of ether oxygens (including phenoxy) is 1. The molecule has 11 heteroatoms. The molecule has 0 saturated carbocycles. The predicted octanol–water partition coefficient (Wildman–Crippen LogP) is 1.27. The van der Waals surface area contributed by atoms with E-state index in [4.69, 9.17) is 5.84 Å². The van der Waals surface area contributed by atoms with Gasteiger partial charge < -0.3 is 15.5 Å². The SMILES string of the molecule is NNc1ccc([N+](=O)[O-])c(NCCOCC(F)(F)F)n1. The third-order valence-electron chi connectivity index (χ3n) is 2.02. The second-order valence-corrected chi connectivity index (χ2v) is 3.56. The van der Waals surface area contributed by atoms with E-state index in [0.29, 0.717) is 0 Å². The van der Waals surface area contributed by atoms with E-state index in [0.717, 1.165) is 0 Å². The average Bonchev–Trinajstić information content (AvgIpc) is 2.36. The average molecular weight is 295 g/mol. The lowest BCUT2D eigenvalue weighted by atomic mass is 10.3. The Hall–Kier alpha value is -2.14. The zero-order valence-corrected chi connectivity index (χ0v) is 10.1. The molecule has 0 bridgehead atoms. The van der Waals surface area contributed by atoms with Crippen LogP contribution in [0.25, 0.3) is 0 Å². The summed E-state index contributed by atoms with van der Waals surface area (Å²) in [5.74, 6) is 5.17. The lowest BCUT2D eigenvalue weighted by Gasteiger charge is -2.09. The first-order valence-corrected chi connectivity index (χ1v) is 5.34. The topological polar surface area (TPSA) is 115 Å². The van der Waals surface area contributed by atoms with E-state index in [2.05, 4.69) is 20.5 Å². The van der Waals surface area contributed by atoms with Gasteiger partial charge in [0.15, 0.2) is 0 Å². The summed E-state index contributed by atoms with van der Waals surface area (Å²) < 4.78 is 39.8. The summed E-state index contributed by atoms with van der Waals surface area (Å²) in [6.45, 7) is -1.73. The molecule has 4 N–H and O–H groups in total. The smallest absolute Gasteiger partial charge is 0.370 e. The minimum Gasteiger partial charge on any atom is -0.370 e. The van der Waals surface area contributed by atoms with Crippen LogP contribution in [0.3, 0.4) is 0 Å². The van der Waals surface area contributed by atoms with E-state index < -0.39 is 17.7 Å². The van der Waals surface area contributed by atoms with Crippen molar-refractivity contribution < 1.29 is 22.8 Å². The molecular formula is C9H12F3N5O3. The monoisotopic (exact) mass is 295 g/mol. The molecule has 0 amide bonds. The molecule has 1 heterocycles. The summed E-state index contributed by atoms with van der Waals surface area (Å²) in [4.78, 5) is 13.9. The quantitative estimate of drug-likeness (QED) is 0.300. The molecule has 0 aliphatic carbocycles. The highest BCUT2D eigenvalue weighted by Crippen LogP contribution is 2.23. The Morgan fingerprint density at radius 3 is 2.70 bits per heavy atom. The van der Waals surface area contributed by atoms with Gasteiger partial charge >= 0.3 is 11.9 Å². The predicted molar refractivity (Wildman–Crippen MR) is 64.1 cm³/mol. The number of rotatable bonds is 7. The molecule has 0 aliphatic heterocycles. The van der Waals surface area contributed by atoms with Crippen molar-refractivity contribution in [2.75, 3.05) is 30.5 Å². The van der Waals surface area contributed by atoms with E-state index in [1.165, 1.54) is 12.1 Å². The summed E-state index contributed by atoms with van der Waals surface area (Å²) in [5, 5.41) is 13.3. The molecule has 8 nitrogen and oxygen atoms in total. The number of nitro groups is 1. The van der Waals surface area contributed by atoms with Crippen LogP contribution in [0.1, 0.15) is 0 Å². The zero-order chi connectivity index (χ0) is 15.2. The van der Waals surface area contributed by atoms with E-state index in [1.54, 1.807) is 0 Å². The fraction of sp³-hybridized carbons (Fsp3) is 0.444. The summed E-state index contributed by atoms with van der Waals surface area (Å²) in [5.41, 5.74) is 1.88. The molecule has 1 rings (SSSR count). The lowest BCUT2D eigenvalue weighted by Crippen LogP contribution is -2.20. The summed E-state index contributed by atoms with van der Waals surface area (Å²) in [6, 6.07) is 2.46. The Kier molecular flexibility index (Phi) is 5.46. The van der Waals surface area contributed by atoms with Crippen molar-refractivity contribution in [3.8, 4) is 0 Å². The number of aromatic nitrogens is 1. The van der Waals surface area contributed by atoms with Crippen molar-refractivity contribution in [1.82, 2.24) is 4.98 Å². The molecule has 0 unspecified atom stereocenters. The van der Waals surface area contributed by atoms with Gasteiger partial charge in [-0.2, -0.15) is 13.2 Å². The van der Waals surface area contributed by atoms with E-state index in [1.807, 2.05) is 0 Å². The minimum absolute atomic E-state index is 0.0715. The van der Waals surface area contributed by atoms with Crippen molar-refractivity contribution in [2.24, 2.45) is 5.84 Å². The molecule has 0 saturated heterocycles. The number of alkyl halides is 3. The molecule has 20 heavy (non-hydrogen) atoms. The molecule has 0 spiro atoms. The highest BCUT2D eigenvalue weighted by molar-refractivity contribution is 5.59. The van der Waals surface area contributed by atoms with Crippen molar-refractivity contribution >= 4 is 17.3 Å². The number of nitrogens with one attached hydrogen (secondary N) is 2. The third-order valence-corrected chi connectivity index (χ3v) is 2.02. The van der Waals surface area contributed by atoms with Crippen LogP contribution in [0.5, 0.6) is 0 Å². The Balaban J connectivity index is 2.55. The molecular weight excluding hydrogens is 283 g/mol. The maximum atomic E-state index is 11.8. The van der Waals surface area contributed by atoms with Gasteiger partial charge in [-0.15, -0.1) is 0 Å². The first-order valence-electron chi connectivity index (χ1n) is 5.34. The molecule has 1 aromatic rings. The van der Waals surface area contributed by atoms with Crippen LogP contribution < -0.4 is 16.6 Å². The van der Waals surface area contributed by atoms with Gasteiger partial charge in [0.1, 0.15) is 12.4 Å². The first kappa shape index (κ1) is 15.9. The van der Waals surface area contributed by atoms with Gasteiger partial charge in [0.05, 0.1) is 11.5 Å². The molecule has 0 fully saturated rings. The molecule has 112 valence electrons. The Morgan fingerprint density at radius 2 is 2.15 bits per heavy atom. The van der Waals surface area contributed by atoms with Gasteiger partial charge in [0.25, 0.3) is 0 Å². The van der Waals surface area contributed by atoms with E-state index in [9.17, 15) is 23.3 Å². The molecule has 0 aromatic carbocycles. The number of hydrazine groups is 1. The molecule has 0 atom stereocenters. The first-order chi connectivity index (χ1) is 9.33. The fourth-order valence-corrected chi connectivity index (χ4v) is 1.24. The largest absolute Gasteiger partial charge is 0.411 e. The van der Waals surface area contributed by atoms with Gasteiger partial charge in [-0.1, -0.05) is 0 Å². The summed E-state index contributed by atoms with van der Waals surface area (Å²) >= 11 is 0. The molecule has 0 aliphatic rings. The van der Waals surface area contributed by atoms with Gasteiger partial charge in [0.2, 0.25) is 5.82 Å². The lowest BCUT2D eigenvalue weighted by molar-refractivity contribution is -0.384. The molecule has 1 aromatic heterocycles. The maximum absolute atomic E-state index is 11.8. The maximum Gasteiger partial charge on any atom is 0.411 e.